The van der Waals surface area contributed by atoms with Gasteiger partial charge in [0.1, 0.15) is 0 Å². The highest BCUT2D eigenvalue weighted by molar-refractivity contribution is 6.65. The summed E-state index contributed by atoms with van der Waals surface area (Å²) < 4.78 is 9.05. The average molecular weight is 195 g/mol. The Labute approximate surface area is 75.8 Å². The van der Waals surface area contributed by atoms with E-state index < -0.39 is 17.0 Å². The molecule has 12 heavy (non-hydrogen) atoms. The van der Waals surface area contributed by atoms with Gasteiger partial charge in [0.05, 0.1) is 6.61 Å². The third-order valence-electron chi connectivity index (χ3n) is 1.07. The largest absolute Gasteiger partial charge is 0.509 e. The van der Waals surface area contributed by atoms with Gasteiger partial charge in [0.15, 0.2) is 5.60 Å². The normalized spacial score (nSPS) is 10.7. The van der Waals surface area contributed by atoms with Crippen molar-refractivity contribution < 1.29 is 19.1 Å². The average Bonchev–Trinajstić information content (AvgIpc) is 1.85. The van der Waals surface area contributed by atoms with E-state index in [1.54, 1.807) is 6.92 Å². The quantitative estimate of drug-likeness (QED) is 0.507. The minimum atomic E-state index is -1.33. The Morgan fingerprint density at radius 3 is 2.25 bits per heavy atom. The van der Waals surface area contributed by atoms with Gasteiger partial charge < -0.3 is 9.47 Å². The lowest BCUT2D eigenvalue weighted by molar-refractivity contribution is -0.128. The summed E-state index contributed by atoms with van der Waals surface area (Å²) in [6, 6.07) is 0. The van der Waals surface area contributed by atoms with Crippen molar-refractivity contribution in [2.75, 3.05) is 6.61 Å². The number of hydrogen-bond acceptors (Lipinski definition) is 4. The molecule has 0 unspecified atom stereocenters. The van der Waals surface area contributed by atoms with Gasteiger partial charge in [0.2, 0.25) is 0 Å². The lowest BCUT2D eigenvalue weighted by Gasteiger charge is -2.19. The molecule has 0 aliphatic carbocycles. The first-order valence-corrected chi connectivity index (χ1v) is 3.83. The number of rotatable bonds is 3. The van der Waals surface area contributed by atoms with Crippen LogP contribution >= 0.6 is 11.6 Å². The molecular weight excluding hydrogens is 184 g/mol. The molecule has 0 bridgehead atoms. The molecule has 0 fully saturated rings. The Morgan fingerprint density at radius 2 is 1.92 bits per heavy atom. The van der Waals surface area contributed by atoms with E-state index in [-0.39, 0.29) is 6.61 Å². The molecule has 70 valence electrons. The van der Waals surface area contributed by atoms with Crippen molar-refractivity contribution in [1.29, 1.82) is 0 Å². The van der Waals surface area contributed by atoms with E-state index in [0.29, 0.717) is 0 Å². The molecule has 0 radical (unpaired) electrons. The van der Waals surface area contributed by atoms with Gasteiger partial charge in [-0.3, -0.25) is 4.79 Å². The van der Waals surface area contributed by atoms with Crippen LogP contribution < -0.4 is 0 Å². The van der Waals surface area contributed by atoms with Crippen LogP contribution in [-0.2, 0) is 14.3 Å². The minimum absolute atomic E-state index is 0.200. The predicted molar refractivity (Wildman–Crippen MR) is 43.0 cm³/mol. The molecule has 0 aromatic heterocycles. The monoisotopic (exact) mass is 194 g/mol. The van der Waals surface area contributed by atoms with Crippen molar-refractivity contribution >= 4 is 23.0 Å². The predicted octanol–water partition coefficient (Wildman–Crippen LogP) is 1.70. The molecule has 4 nitrogen and oxygen atoms in total. The van der Waals surface area contributed by atoms with Crippen LogP contribution in [0.3, 0.4) is 0 Å². The van der Waals surface area contributed by atoms with Gasteiger partial charge in [-0.05, 0) is 32.4 Å². The van der Waals surface area contributed by atoms with E-state index >= 15 is 0 Å². The fourth-order valence-electron chi connectivity index (χ4n) is 0.396. The molecule has 0 saturated heterocycles. The van der Waals surface area contributed by atoms with Gasteiger partial charge in [-0.25, -0.2) is 4.79 Å². The van der Waals surface area contributed by atoms with E-state index in [2.05, 4.69) is 9.47 Å². The minimum Gasteiger partial charge on any atom is -0.435 e. The number of carbonyl (C=O) groups excluding carboxylic acids is 2. The van der Waals surface area contributed by atoms with Crippen LogP contribution in [0.2, 0.25) is 0 Å². The summed E-state index contributed by atoms with van der Waals surface area (Å²) in [6.45, 7) is 4.61. The molecule has 0 aromatic rings. The first kappa shape index (κ1) is 11.2. The molecule has 5 heteroatoms. The van der Waals surface area contributed by atoms with E-state index in [9.17, 15) is 9.59 Å². The summed E-state index contributed by atoms with van der Waals surface area (Å²) in [4.78, 5) is 21.3. The van der Waals surface area contributed by atoms with Crippen molar-refractivity contribution in [3.05, 3.63) is 0 Å². The van der Waals surface area contributed by atoms with Crippen molar-refractivity contribution in [2.24, 2.45) is 0 Å². The van der Waals surface area contributed by atoms with E-state index in [4.69, 9.17) is 11.6 Å². The summed E-state index contributed by atoms with van der Waals surface area (Å²) in [5.74, 6) is 0. The van der Waals surface area contributed by atoms with Crippen LogP contribution in [0.5, 0.6) is 0 Å². The second kappa shape index (κ2) is 4.30. The molecule has 0 rings (SSSR count). The number of carbonyl (C=O) groups is 2. The molecule has 0 atom stereocenters. The van der Waals surface area contributed by atoms with Crippen molar-refractivity contribution in [1.82, 2.24) is 0 Å². The maximum Gasteiger partial charge on any atom is 0.509 e. The highest BCUT2D eigenvalue weighted by atomic mass is 35.5. The van der Waals surface area contributed by atoms with E-state index in [0.717, 1.165) is 0 Å². The summed E-state index contributed by atoms with van der Waals surface area (Å²) >= 11 is 5.14. The Hall–Kier alpha value is -0.770. The smallest absolute Gasteiger partial charge is 0.435 e. The third kappa shape index (κ3) is 3.57. The molecule has 0 aliphatic heterocycles. The van der Waals surface area contributed by atoms with Crippen LogP contribution in [0.25, 0.3) is 0 Å². The molecule has 0 spiro atoms. The molecule has 0 saturated carbocycles. The van der Waals surface area contributed by atoms with Gasteiger partial charge in [0.25, 0.3) is 5.24 Å². The summed E-state index contributed by atoms with van der Waals surface area (Å²) in [5, 5.41) is -0.740. The van der Waals surface area contributed by atoms with Gasteiger partial charge in [-0.15, -0.1) is 0 Å². The highest BCUT2D eigenvalue weighted by Crippen LogP contribution is 2.13. The fourth-order valence-corrected chi connectivity index (χ4v) is 0.434. The second-order valence-electron chi connectivity index (χ2n) is 2.57. The van der Waals surface area contributed by atoms with Gasteiger partial charge in [-0.1, -0.05) is 0 Å². The summed E-state index contributed by atoms with van der Waals surface area (Å²) in [6.07, 6.45) is -0.892. The Balaban J connectivity index is 4.06. The van der Waals surface area contributed by atoms with Crippen LogP contribution in [0, 0.1) is 0 Å². The van der Waals surface area contributed by atoms with Crippen LogP contribution in [0.15, 0.2) is 0 Å². The highest BCUT2D eigenvalue weighted by Gasteiger charge is 2.30. The second-order valence-corrected chi connectivity index (χ2v) is 2.91. The Morgan fingerprint density at radius 1 is 1.42 bits per heavy atom. The standard InChI is InChI=1S/C7H11ClO4/c1-4-11-6(10)12-7(2,3)5(8)9/h4H2,1-3H3. The number of halogens is 1. The number of hydrogen-bond donors (Lipinski definition) is 0. The number of ether oxygens (including phenoxy) is 2. The lowest BCUT2D eigenvalue weighted by atomic mass is 10.2. The Bertz CT molecular complexity index is 188. The summed E-state index contributed by atoms with van der Waals surface area (Å²) in [5.41, 5.74) is -1.33. The van der Waals surface area contributed by atoms with Gasteiger partial charge in [-0.2, -0.15) is 0 Å². The summed E-state index contributed by atoms with van der Waals surface area (Å²) in [7, 11) is 0. The molecule has 0 aliphatic rings. The van der Waals surface area contributed by atoms with Gasteiger partial charge >= 0.3 is 6.16 Å². The Kier molecular flexibility index (Phi) is 4.03. The molecule has 0 aromatic carbocycles. The van der Waals surface area contributed by atoms with E-state index in [1.165, 1.54) is 13.8 Å². The van der Waals surface area contributed by atoms with Crippen LogP contribution in [-0.4, -0.2) is 23.6 Å². The maximum absolute atomic E-state index is 10.7. The zero-order valence-corrected chi connectivity index (χ0v) is 7.97. The lowest BCUT2D eigenvalue weighted by Crippen LogP contribution is -2.34. The zero-order valence-electron chi connectivity index (χ0n) is 7.22. The zero-order chi connectivity index (χ0) is 9.78. The van der Waals surface area contributed by atoms with Crippen LogP contribution in [0.1, 0.15) is 20.8 Å². The van der Waals surface area contributed by atoms with Crippen LogP contribution in [0.4, 0.5) is 4.79 Å². The third-order valence-corrected chi connectivity index (χ3v) is 1.53. The molecule has 0 N–H and O–H groups in total. The SMILES string of the molecule is CCOC(=O)OC(C)(C)C(=O)Cl. The molecular formula is C7H11ClO4. The first-order valence-electron chi connectivity index (χ1n) is 3.46. The van der Waals surface area contributed by atoms with Crippen molar-refractivity contribution in [2.45, 2.75) is 26.4 Å². The van der Waals surface area contributed by atoms with E-state index in [1.807, 2.05) is 0 Å². The topological polar surface area (TPSA) is 52.6 Å². The fraction of sp³-hybridized carbons (Fsp3) is 0.714. The first-order chi connectivity index (χ1) is 5.40. The molecule has 0 heterocycles. The maximum atomic E-state index is 10.7. The molecule has 0 amide bonds. The van der Waals surface area contributed by atoms with Gasteiger partial charge in [0, 0.05) is 0 Å². The van der Waals surface area contributed by atoms with Crippen molar-refractivity contribution in [3.8, 4) is 0 Å². The van der Waals surface area contributed by atoms with Crippen molar-refractivity contribution in [3.63, 3.8) is 0 Å².